The Balaban J connectivity index is 1.79. The molecule has 0 aliphatic heterocycles. The maximum absolute atomic E-state index is 12.0. The van der Waals surface area contributed by atoms with Gasteiger partial charge in [-0.3, -0.25) is 4.79 Å². The topological polar surface area (TPSA) is 72.6 Å². The second-order valence-electron chi connectivity index (χ2n) is 9.27. The molecule has 3 fully saturated rings. The van der Waals surface area contributed by atoms with Crippen LogP contribution >= 0.6 is 0 Å². The van der Waals surface area contributed by atoms with Gasteiger partial charge in [-0.05, 0) is 56.1 Å². The quantitative estimate of drug-likeness (QED) is 0.807. The molecule has 0 aromatic heterocycles. The van der Waals surface area contributed by atoms with Crippen LogP contribution in [0, 0.1) is 28.6 Å². The van der Waals surface area contributed by atoms with Crippen LogP contribution in [0.2, 0.25) is 0 Å². The van der Waals surface area contributed by atoms with Gasteiger partial charge in [-0.1, -0.05) is 25.5 Å². The summed E-state index contributed by atoms with van der Waals surface area (Å²) in [5.41, 5.74) is 7.68. The molecule has 4 rings (SSSR count). The van der Waals surface area contributed by atoms with Crippen LogP contribution in [0.15, 0.2) is 23.8 Å². The van der Waals surface area contributed by atoms with E-state index >= 15 is 0 Å². The SMILES string of the molecule is COC[C@H]1C[C@@H]2[C@H](CC[C@]3(C)C(O)CC[C@@]23N)[C@@]2(C)C=CC(=O)C=C12. The van der Waals surface area contributed by atoms with Gasteiger partial charge in [0, 0.05) is 29.4 Å². The zero-order valence-corrected chi connectivity index (χ0v) is 15.6. The van der Waals surface area contributed by atoms with E-state index in [1.165, 1.54) is 5.57 Å². The summed E-state index contributed by atoms with van der Waals surface area (Å²) in [7, 11) is 1.73. The minimum atomic E-state index is -0.328. The second-order valence-corrected chi connectivity index (χ2v) is 9.27. The second kappa shape index (κ2) is 5.51. The van der Waals surface area contributed by atoms with Gasteiger partial charge < -0.3 is 15.6 Å². The van der Waals surface area contributed by atoms with E-state index in [-0.39, 0.29) is 34.2 Å². The van der Waals surface area contributed by atoms with Crippen LogP contribution in [0.5, 0.6) is 0 Å². The largest absolute Gasteiger partial charge is 0.392 e. The lowest BCUT2D eigenvalue weighted by atomic mass is 9.44. The zero-order chi connectivity index (χ0) is 18.0. The van der Waals surface area contributed by atoms with Crippen molar-refractivity contribution in [3.8, 4) is 0 Å². The number of nitrogens with two attached hydrogens (primary N) is 1. The molecular formula is C21H31NO3. The van der Waals surface area contributed by atoms with Crippen LogP contribution in [0.25, 0.3) is 0 Å². The van der Waals surface area contributed by atoms with Gasteiger partial charge in [0.1, 0.15) is 0 Å². The highest BCUT2D eigenvalue weighted by Gasteiger charge is 2.66. The predicted molar refractivity (Wildman–Crippen MR) is 96.8 cm³/mol. The van der Waals surface area contributed by atoms with Gasteiger partial charge in [-0.15, -0.1) is 0 Å². The van der Waals surface area contributed by atoms with E-state index in [2.05, 4.69) is 19.9 Å². The predicted octanol–water partition coefficient (Wildman–Crippen LogP) is 2.61. The molecule has 0 bridgehead atoms. The highest BCUT2D eigenvalue weighted by molar-refractivity contribution is 6.01. The van der Waals surface area contributed by atoms with E-state index in [4.69, 9.17) is 10.5 Å². The number of carbonyl (C=O) groups is 1. The van der Waals surface area contributed by atoms with Crippen molar-refractivity contribution in [2.24, 2.45) is 34.3 Å². The van der Waals surface area contributed by atoms with Gasteiger partial charge in [0.25, 0.3) is 0 Å². The maximum atomic E-state index is 12.0. The Bertz CT molecular complexity index is 656. The molecule has 3 saturated carbocycles. The molecule has 0 saturated heterocycles. The minimum Gasteiger partial charge on any atom is -0.392 e. The Morgan fingerprint density at radius 2 is 2.04 bits per heavy atom. The van der Waals surface area contributed by atoms with Crippen LogP contribution in [0.1, 0.15) is 46.0 Å². The van der Waals surface area contributed by atoms with E-state index in [9.17, 15) is 9.90 Å². The summed E-state index contributed by atoms with van der Waals surface area (Å²) in [6, 6.07) is 0. The van der Waals surface area contributed by atoms with Crippen molar-refractivity contribution in [3.63, 3.8) is 0 Å². The van der Waals surface area contributed by atoms with E-state index in [0.717, 1.165) is 32.1 Å². The van der Waals surface area contributed by atoms with Crippen LogP contribution in [0.4, 0.5) is 0 Å². The number of ether oxygens (including phenoxy) is 1. The molecule has 7 atom stereocenters. The minimum absolute atomic E-state index is 0.0893. The van der Waals surface area contributed by atoms with Gasteiger partial charge in [0.05, 0.1) is 12.7 Å². The van der Waals surface area contributed by atoms with Crippen LogP contribution in [-0.2, 0) is 9.53 Å². The fraction of sp³-hybridized carbons (Fsp3) is 0.762. The molecule has 0 heterocycles. The van der Waals surface area contributed by atoms with Gasteiger partial charge >= 0.3 is 0 Å². The van der Waals surface area contributed by atoms with Crippen molar-refractivity contribution < 1.29 is 14.6 Å². The first-order chi connectivity index (χ1) is 11.8. The third-order valence-electron chi connectivity index (χ3n) is 8.38. The molecule has 0 amide bonds. The Labute approximate surface area is 150 Å². The summed E-state index contributed by atoms with van der Waals surface area (Å²) >= 11 is 0. The summed E-state index contributed by atoms with van der Waals surface area (Å²) in [4.78, 5) is 12.0. The Hall–Kier alpha value is -0.970. The highest BCUT2D eigenvalue weighted by Crippen LogP contribution is 2.66. The number of methoxy groups -OCH3 is 1. The fourth-order valence-electron chi connectivity index (χ4n) is 6.80. The van der Waals surface area contributed by atoms with Crippen molar-refractivity contribution in [3.05, 3.63) is 23.8 Å². The van der Waals surface area contributed by atoms with Crippen molar-refractivity contribution in [2.75, 3.05) is 13.7 Å². The monoisotopic (exact) mass is 345 g/mol. The summed E-state index contributed by atoms with van der Waals surface area (Å²) < 4.78 is 5.51. The lowest BCUT2D eigenvalue weighted by molar-refractivity contribution is -0.111. The molecule has 3 N–H and O–H groups in total. The summed E-state index contributed by atoms with van der Waals surface area (Å²) in [6.45, 7) is 5.10. The van der Waals surface area contributed by atoms with Crippen LogP contribution in [-0.4, -0.2) is 36.2 Å². The van der Waals surface area contributed by atoms with Gasteiger partial charge in [0.2, 0.25) is 0 Å². The molecule has 4 aliphatic carbocycles. The van der Waals surface area contributed by atoms with E-state index < -0.39 is 0 Å². The average molecular weight is 345 g/mol. The van der Waals surface area contributed by atoms with Crippen molar-refractivity contribution in [1.82, 2.24) is 0 Å². The first-order valence-electron chi connectivity index (χ1n) is 9.67. The molecule has 0 aromatic carbocycles. The Kier molecular flexibility index (Phi) is 3.85. The summed E-state index contributed by atoms with van der Waals surface area (Å²) in [6.07, 6.45) is 10.1. The van der Waals surface area contributed by atoms with Gasteiger partial charge in [0.15, 0.2) is 5.78 Å². The lowest BCUT2D eigenvalue weighted by Gasteiger charge is -2.62. The first kappa shape index (κ1) is 17.4. The van der Waals surface area contributed by atoms with Gasteiger partial charge in [-0.25, -0.2) is 0 Å². The average Bonchev–Trinajstić information content (AvgIpc) is 2.81. The molecule has 4 heteroatoms. The molecule has 0 spiro atoms. The first-order valence-corrected chi connectivity index (χ1v) is 9.67. The molecule has 25 heavy (non-hydrogen) atoms. The summed E-state index contributed by atoms with van der Waals surface area (Å²) in [5, 5.41) is 10.7. The number of fused-ring (bicyclic) bond motifs is 5. The number of allylic oxidation sites excluding steroid dienone is 3. The summed E-state index contributed by atoms with van der Waals surface area (Å²) in [5.74, 6) is 1.10. The molecular weight excluding hydrogens is 314 g/mol. The highest BCUT2D eigenvalue weighted by atomic mass is 16.5. The van der Waals surface area contributed by atoms with Gasteiger partial charge in [-0.2, -0.15) is 0 Å². The number of hydrogen-bond donors (Lipinski definition) is 2. The van der Waals surface area contributed by atoms with Crippen molar-refractivity contribution in [2.45, 2.75) is 57.6 Å². The number of aliphatic hydroxyl groups is 1. The fourth-order valence-corrected chi connectivity index (χ4v) is 6.80. The van der Waals surface area contributed by atoms with Crippen molar-refractivity contribution >= 4 is 5.78 Å². The lowest BCUT2D eigenvalue weighted by Crippen LogP contribution is -2.66. The van der Waals surface area contributed by atoms with E-state index in [1.807, 2.05) is 6.08 Å². The normalized spacial score (nSPS) is 51.6. The van der Waals surface area contributed by atoms with Crippen LogP contribution in [0.3, 0.4) is 0 Å². The molecule has 4 nitrogen and oxygen atoms in total. The maximum Gasteiger partial charge on any atom is 0.178 e. The zero-order valence-electron chi connectivity index (χ0n) is 15.6. The Morgan fingerprint density at radius 1 is 1.28 bits per heavy atom. The Morgan fingerprint density at radius 3 is 2.76 bits per heavy atom. The number of ketones is 1. The smallest absolute Gasteiger partial charge is 0.178 e. The standard InChI is InChI=1S/C21H31NO3/c1-19-7-4-14(23)11-16(19)13(12-25-3)10-17-15(19)5-8-20(2)18(24)6-9-21(17,20)22/h4,7,11,13,15,17-18,24H,5-6,8-10,12,22H2,1-3H3/t13-,15+,17-,18?,19-,20-,21-/m1/s1. The third-order valence-corrected chi connectivity index (χ3v) is 8.38. The molecule has 1 unspecified atom stereocenters. The molecule has 0 aromatic rings. The number of carbonyl (C=O) groups excluding carboxylic acids is 1. The number of rotatable bonds is 2. The van der Waals surface area contributed by atoms with E-state index in [1.54, 1.807) is 13.2 Å². The van der Waals surface area contributed by atoms with Crippen LogP contribution < -0.4 is 5.73 Å². The number of hydrogen-bond acceptors (Lipinski definition) is 4. The number of aliphatic hydroxyl groups excluding tert-OH is 1. The van der Waals surface area contributed by atoms with Crippen molar-refractivity contribution in [1.29, 1.82) is 0 Å². The third kappa shape index (κ3) is 2.14. The van der Waals surface area contributed by atoms with E-state index in [0.29, 0.717) is 18.4 Å². The molecule has 0 radical (unpaired) electrons. The molecule has 138 valence electrons. The molecule has 4 aliphatic rings.